The largest absolute Gasteiger partial charge is 0.383 e. The minimum absolute atomic E-state index is 0.237. The highest BCUT2D eigenvalue weighted by molar-refractivity contribution is 7.12. The summed E-state index contributed by atoms with van der Waals surface area (Å²) in [5, 5.41) is 0. The van der Waals surface area contributed by atoms with E-state index in [1.165, 1.54) is 9.75 Å². The summed E-state index contributed by atoms with van der Waals surface area (Å²) in [7, 11) is 3.47. The zero-order valence-corrected chi connectivity index (χ0v) is 13.9. The molecule has 116 valence electrons. The Hall–Kier alpha value is -0.460. The second kappa shape index (κ2) is 9.47. The fraction of sp³-hybridized carbons (Fsp3) is 0.733. The Kier molecular flexibility index (Phi) is 8.33. The molecule has 1 heterocycles. The van der Waals surface area contributed by atoms with E-state index in [0.717, 1.165) is 13.0 Å². The Morgan fingerprint density at radius 2 is 2.05 bits per heavy atom. The third-order valence-electron chi connectivity index (χ3n) is 3.51. The first-order chi connectivity index (χ1) is 9.67. The Labute approximate surface area is 126 Å². The first-order valence-electron chi connectivity index (χ1n) is 7.20. The Morgan fingerprint density at radius 1 is 1.30 bits per heavy atom. The molecule has 0 saturated heterocycles. The van der Waals surface area contributed by atoms with E-state index in [-0.39, 0.29) is 6.04 Å². The number of ether oxygens (including phenoxy) is 2. The molecule has 0 aromatic carbocycles. The van der Waals surface area contributed by atoms with Crippen LogP contribution in [0.25, 0.3) is 0 Å². The number of hydrogen-bond acceptors (Lipinski definition) is 5. The monoisotopic (exact) mass is 300 g/mol. The summed E-state index contributed by atoms with van der Waals surface area (Å²) in [6.45, 7) is 7.24. The predicted molar refractivity (Wildman–Crippen MR) is 85.4 cm³/mol. The van der Waals surface area contributed by atoms with Crippen molar-refractivity contribution < 1.29 is 9.47 Å². The fourth-order valence-corrected chi connectivity index (χ4v) is 3.48. The summed E-state index contributed by atoms with van der Waals surface area (Å²) < 4.78 is 10.5. The Balaban J connectivity index is 2.87. The lowest BCUT2D eigenvalue weighted by atomic mass is 10.1. The van der Waals surface area contributed by atoms with E-state index in [4.69, 9.17) is 15.2 Å². The van der Waals surface area contributed by atoms with Gasteiger partial charge in [0.05, 0.1) is 19.3 Å². The molecule has 2 N–H and O–H groups in total. The summed E-state index contributed by atoms with van der Waals surface area (Å²) in [5.74, 6) is 0. The lowest BCUT2D eigenvalue weighted by Crippen LogP contribution is -2.43. The molecule has 0 spiro atoms. The predicted octanol–water partition coefficient (Wildman–Crippen LogP) is 2.29. The first-order valence-corrected chi connectivity index (χ1v) is 8.01. The van der Waals surface area contributed by atoms with Gasteiger partial charge in [-0.2, -0.15) is 0 Å². The van der Waals surface area contributed by atoms with E-state index >= 15 is 0 Å². The number of hydrogen-bond donors (Lipinski definition) is 1. The summed E-state index contributed by atoms with van der Waals surface area (Å²) in [5.41, 5.74) is 6.05. The van der Waals surface area contributed by atoms with Gasteiger partial charge in [0.1, 0.15) is 0 Å². The third kappa shape index (κ3) is 4.82. The quantitative estimate of drug-likeness (QED) is 0.720. The lowest BCUT2D eigenvalue weighted by molar-refractivity contribution is 0.0496. The van der Waals surface area contributed by atoms with E-state index in [1.54, 1.807) is 14.2 Å². The van der Waals surface area contributed by atoms with Crippen LogP contribution in [0.2, 0.25) is 0 Å². The molecular formula is C15H28N2O2S. The molecule has 2 unspecified atom stereocenters. The second-order valence-corrected chi connectivity index (χ2v) is 6.14. The van der Waals surface area contributed by atoms with Gasteiger partial charge in [0.15, 0.2) is 0 Å². The third-order valence-corrected chi connectivity index (χ3v) is 4.84. The molecule has 0 amide bonds. The van der Waals surface area contributed by atoms with Gasteiger partial charge in [-0.3, -0.25) is 4.90 Å². The number of rotatable bonds is 10. The maximum absolute atomic E-state index is 6.05. The second-order valence-electron chi connectivity index (χ2n) is 4.94. The van der Waals surface area contributed by atoms with Gasteiger partial charge in [0.25, 0.3) is 0 Å². The number of aryl methyl sites for hydroxylation is 1. The minimum Gasteiger partial charge on any atom is -0.383 e. The van der Waals surface area contributed by atoms with Crippen LogP contribution in [0.1, 0.15) is 29.6 Å². The maximum Gasteiger partial charge on any atom is 0.0615 e. The summed E-state index contributed by atoms with van der Waals surface area (Å²) in [4.78, 5) is 5.13. The van der Waals surface area contributed by atoms with Gasteiger partial charge in [-0.1, -0.05) is 6.92 Å². The van der Waals surface area contributed by atoms with Crippen LogP contribution in [0.5, 0.6) is 0 Å². The average Bonchev–Trinajstić information content (AvgIpc) is 2.92. The van der Waals surface area contributed by atoms with Crippen molar-refractivity contribution in [2.75, 3.05) is 40.5 Å². The molecule has 0 aliphatic carbocycles. The fourth-order valence-electron chi connectivity index (χ4n) is 2.40. The molecule has 2 atom stereocenters. The van der Waals surface area contributed by atoms with E-state index in [9.17, 15) is 0 Å². The normalized spacial score (nSPS) is 14.7. The van der Waals surface area contributed by atoms with Crippen molar-refractivity contribution in [2.24, 2.45) is 5.73 Å². The van der Waals surface area contributed by atoms with Crippen molar-refractivity contribution in [3.05, 3.63) is 21.9 Å². The molecule has 0 bridgehead atoms. The summed E-state index contributed by atoms with van der Waals surface area (Å²) in [6.07, 6.45) is 1.08. The molecule has 0 aliphatic heterocycles. The molecule has 0 fully saturated rings. The van der Waals surface area contributed by atoms with E-state index < -0.39 is 0 Å². The van der Waals surface area contributed by atoms with Crippen molar-refractivity contribution in [1.29, 1.82) is 0 Å². The van der Waals surface area contributed by atoms with E-state index in [2.05, 4.69) is 30.9 Å². The molecule has 0 radical (unpaired) electrons. The van der Waals surface area contributed by atoms with Gasteiger partial charge >= 0.3 is 0 Å². The first kappa shape index (κ1) is 17.6. The highest BCUT2D eigenvalue weighted by Crippen LogP contribution is 2.29. The average molecular weight is 300 g/mol. The topological polar surface area (TPSA) is 47.7 Å². The van der Waals surface area contributed by atoms with Crippen LogP contribution in [-0.4, -0.2) is 51.5 Å². The minimum atomic E-state index is 0.237. The molecule has 0 saturated carbocycles. The van der Waals surface area contributed by atoms with Gasteiger partial charge in [0.2, 0.25) is 0 Å². The highest BCUT2D eigenvalue weighted by atomic mass is 32.1. The number of nitrogens with two attached hydrogens (primary N) is 1. The van der Waals surface area contributed by atoms with Gasteiger partial charge < -0.3 is 15.2 Å². The van der Waals surface area contributed by atoms with Crippen LogP contribution in [0.3, 0.4) is 0 Å². The van der Waals surface area contributed by atoms with Crippen molar-refractivity contribution in [3.8, 4) is 0 Å². The number of thiophene rings is 1. The Bertz CT molecular complexity index is 371. The molecule has 1 aromatic heterocycles. The van der Waals surface area contributed by atoms with Crippen molar-refractivity contribution >= 4 is 11.3 Å². The summed E-state index contributed by atoms with van der Waals surface area (Å²) in [6, 6.07) is 4.97. The van der Waals surface area contributed by atoms with Gasteiger partial charge in [0, 0.05) is 43.1 Å². The van der Waals surface area contributed by atoms with Crippen LogP contribution in [-0.2, 0) is 15.9 Å². The standard InChI is InChI=1S/C15H28N2O2S/c1-5-13-6-7-15(20-13)14(10-16)17(8-9-18-3)12(2)11-19-4/h6-7,12,14H,5,8-11,16H2,1-4H3. The molecule has 20 heavy (non-hydrogen) atoms. The molecule has 1 aromatic rings. The van der Waals surface area contributed by atoms with Crippen LogP contribution in [0.4, 0.5) is 0 Å². The SMILES string of the molecule is CCc1ccc(C(CN)N(CCOC)C(C)COC)s1. The van der Waals surface area contributed by atoms with Crippen molar-refractivity contribution in [3.63, 3.8) is 0 Å². The smallest absolute Gasteiger partial charge is 0.0615 e. The summed E-state index contributed by atoms with van der Waals surface area (Å²) >= 11 is 1.86. The van der Waals surface area contributed by atoms with Crippen LogP contribution in [0, 0.1) is 0 Å². The van der Waals surface area contributed by atoms with Gasteiger partial charge in [-0.05, 0) is 25.5 Å². The maximum atomic E-state index is 6.05. The lowest BCUT2D eigenvalue weighted by Gasteiger charge is -2.35. The van der Waals surface area contributed by atoms with Crippen LogP contribution < -0.4 is 5.73 Å². The molecule has 5 heteroatoms. The molecule has 0 aliphatic rings. The van der Waals surface area contributed by atoms with Gasteiger partial charge in [-0.25, -0.2) is 0 Å². The van der Waals surface area contributed by atoms with Crippen LogP contribution in [0.15, 0.2) is 12.1 Å². The zero-order valence-electron chi connectivity index (χ0n) is 13.1. The Morgan fingerprint density at radius 3 is 2.55 bits per heavy atom. The molecule has 1 rings (SSSR count). The van der Waals surface area contributed by atoms with E-state index in [1.807, 2.05) is 11.3 Å². The molecular weight excluding hydrogens is 272 g/mol. The zero-order chi connectivity index (χ0) is 15.0. The highest BCUT2D eigenvalue weighted by Gasteiger charge is 2.25. The van der Waals surface area contributed by atoms with E-state index in [0.29, 0.717) is 25.8 Å². The van der Waals surface area contributed by atoms with Crippen LogP contribution >= 0.6 is 11.3 Å². The number of nitrogens with zero attached hydrogens (tertiary/aromatic N) is 1. The molecule has 4 nitrogen and oxygen atoms in total. The van der Waals surface area contributed by atoms with Crippen molar-refractivity contribution in [2.45, 2.75) is 32.4 Å². The number of methoxy groups -OCH3 is 2. The van der Waals surface area contributed by atoms with Crippen molar-refractivity contribution in [1.82, 2.24) is 4.90 Å². The van der Waals surface area contributed by atoms with Gasteiger partial charge in [-0.15, -0.1) is 11.3 Å².